The summed E-state index contributed by atoms with van der Waals surface area (Å²) >= 11 is 0. The molecule has 3 aromatic rings. The van der Waals surface area contributed by atoms with Gasteiger partial charge in [0.25, 0.3) is 0 Å². The van der Waals surface area contributed by atoms with Gasteiger partial charge in [0.05, 0.1) is 12.0 Å². The zero-order chi connectivity index (χ0) is 16.5. The van der Waals surface area contributed by atoms with Gasteiger partial charge >= 0.3 is 0 Å². The van der Waals surface area contributed by atoms with Gasteiger partial charge in [-0.05, 0) is 25.8 Å². The van der Waals surface area contributed by atoms with Crippen LogP contribution in [0.2, 0.25) is 0 Å². The second-order valence-electron chi connectivity index (χ2n) is 6.33. The Morgan fingerprint density at radius 1 is 1.29 bits per heavy atom. The summed E-state index contributed by atoms with van der Waals surface area (Å²) < 4.78 is 3.62. The van der Waals surface area contributed by atoms with Crippen molar-refractivity contribution in [2.75, 3.05) is 13.1 Å². The molecule has 1 fully saturated rings. The van der Waals surface area contributed by atoms with E-state index < -0.39 is 0 Å². The van der Waals surface area contributed by atoms with Gasteiger partial charge < -0.3 is 9.47 Å². The fourth-order valence-electron chi connectivity index (χ4n) is 3.30. The van der Waals surface area contributed by atoms with Crippen molar-refractivity contribution in [2.24, 2.45) is 0 Å². The van der Waals surface area contributed by atoms with Crippen LogP contribution in [-0.2, 0) is 11.3 Å². The summed E-state index contributed by atoms with van der Waals surface area (Å²) in [6.45, 7) is 3.90. The average Bonchev–Trinajstić information content (AvgIpc) is 3.22. The molecule has 1 aliphatic rings. The molecule has 0 radical (unpaired) electrons. The van der Waals surface area contributed by atoms with Crippen LogP contribution in [-0.4, -0.2) is 48.0 Å². The lowest BCUT2D eigenvalue weighted by molar-refractivity contribution is -0.132. The maximum Gasteiger partial charge on any atom is 0.242 e. The lowest BCUT2D eigenvalue weighted by Gasteiger charge is -2.31. The zero-order valence-electron chi connectivity index (χ0n) is 13.7. The molecule has 0 aliphatic carbocycles. The highest BCUT2D eigenvalue weighted by molar-refractivity contribution is 5.76. The predicted molar refractivity (Wildman–Crippen MR) is 88.5 cm³/mol. The highest BCUT2D eigenvalue weighted by atomic mass is 16.2. The van der Waals surface area contributed by atoms with Gasteiger partial charge in [0.15, 0.2) is 5.65 Å². The Morgan fingerprint density at radius 2 is 2.12 bits per heavy atom. The van der Waals surface area contributed by atoms with E-state index in [9.17, 15) is 4.79 Å². The van der Waals surface area contributed by atoms with Gasteiger partial charge in [-0.3, -0.25) is 4.79 Å². The summed E-state index contributed by atoms with van der Waals surface area (Å²) in [7, 11) is 0. The van der Waals surface area contributed by atoms with Crippen molar-refractivity contribution < 1.29 is 4.79 Å². The fraction of sp³-hybridized carbons (Fsp3) is 0.412. The van der Waals surface area contributed by atoms with Crippen LogP contribution in [0.1, 0.15) is 30.1 Å². The molecule has 7 nitrogen and oxygen atoms in total. The van der Waals surface area contributed by atoms with E-state index in [0.29, 0.717) is 12.5 Å². The Balaban J connectivity index is 1.40. The van der Waals surface area contributed by atoms with Gasteiger partial charge in [-0.15, -0.1) is 0 Å². The van der Waals surface area contributed by atoms with Crippen molar-refractivity contribution in [3.63, 3.8) is 0 Å². The number of hydrogen-bond donors (Lipinski definition) is 0. The molecule has 1 aliphatic heterocycles. The van der Waals surface area contributed by atoms with Crippen LogP contribution in [0.25, 0.3) is 5.65 Å². The van der Waals surface area contributed by atoms with E-state index in [0.717, 1.165) is 43.0 Å². The van der Waals surface area contributed by atoms with Crippen molar-refractivity contribution in [1.29, 1.82) is 0 Å². The number of aryl methyl sites for hydroxylation is 1. The summed E-state index contributed by atoms with van der Waals surface area (Å²) in [5.74, 6) is 0.559. The van der Waals surface area contributed by atoms with Gasteiger partial charge in [0.1, 0.15) is 6.54 Å². The number of aromatic nitrogens is 5. The SMILES string of the molecule is Cc1cc2nc(C3CCN(C(=O)Cn4ccnc4)CC3)ccn2n1. The Labute approximate surface area is 139 Å². The van der Waals surface area contributed by atoms with Crippen molar-refractivity contribution >= 4 is 11.6 Å². The normalized spacial score (nSPS) is 16.0. The molecule has 3 aromatic heterocycles. The number of amides is 1. The van der Waals surface area contributed by atoms with Crippen LogP contribution in [0, 0.1) is 6.92 Å². The zero-order valence-corrected chi connectivity index (χ0v) is 13.7. The second kappa shape index (κ2) is 6.07. The van der Waals surface area contributed by atoms with E-state index in [4.69, 9.17) is 4.98 Å². The molecule has 4 heterocycles. The highest BCUT2D eigenvalue weighted by Crippen LogP contribution is 2.27. The first-order valence-electron chi connectivity index (χ1n) is 8.25. The molecule has 0 saturated carbocycles. The average molecular weight is 324 g/mol. The molecule has 124 valence electrons. The number of likely N-dealkylation sites (tertiary alicyclic amines) is 1. The number of imidazole rings is 1. The van der Waals surface area contributed by atoms with Crippen molar-refractivity contribution in [3.05, 3.63) is 48.4 Å². The van der Waals surface area contributed by atoms with E-state index in [1.54, 1.807) is 12.5 Å². The van der Waals surface area contributed by atoms with Gasteiger partial charge in [0, 0.05) is 49.4 Å². The van der Waals surface area contributed by atoms with E-state index in [1.165, 1.54) is 0 Å². The maximum atomic E-state index is 12.3. The van der Waals surface area contributed by atoms with Crippen molar-refractivity contribution in [1.82, 2.24) is 29.0 Å². The third kappa shape index (κ3) is 2.89. The third-order valence-electron chi connectivity index (χ3n) is 4.61. The Morgan fingerprint density at radius 3 is 2.88 bits per heavy atom. The number of nitrogens with zero attached hydrogens (tertiary/aromatic N) is 6. The molecule has 0 N–H and O–H groups in total. The number of piperidine rings is 1. The second-order valence-corrected chi connectivity index (χ2v) is 6.33. The number of hydrogen-bond acceptors (Lipinski definition) is 4. The molecule has 0 atom stereocenters. The molecule has 0 aromatic carbocycles. The summed E-state index contributed by atoms with van der Waals surface area (Å²) in [5, 5.41) is 4.36. The maximum absolute atomic E-state index is 12.3. The first-order chi connectivity index (χ1) is 11.7. The molecule has 24 heavy (non-hydrogen) atoms. The van der Waals surface area contributed by atoms with E-state index in [1.807, 2.05) is 45.4 Å². The smallest absolute Gasteiger partial charge is 0.242 e. The van der Waals surface area contributed by atoms with Crippen molar-refractivity contribution in [3.8, 4) is 0 Å². The predicted octanol–water partition coefficient (Wildman–Crippen LogP) is 1.64. The quantitative estimate of drug-likeness (QED) is 0.734. The van der Waals surface area contributed by atoms with Gasteiger partial charge in [-0.25, -0.2) is 14.5 Å². The molecule has 1 amide bonds. The van der Waals surface area contributed by atoms with Gasteiger partial charge in [-0.2, -0.15) is 5.10 Å². The molecule has 1 saturated heterocycles. The first kappa shape index (κ1) is 14.9. The van der Waals surface area contributed by atoms with E-state index in [2.05, 4.69) is 10.1 Å². The molecular formula is C17H20N6O. The number of carbonyl (C=O) groups excluding carboxylic acids is 1. The van der Waals surface area contributed by atoms with Crippen LogP contribution in [0.4, 0.5) is 0 Å². The van der Waals surface area contributed by atoms with Crippen LogP contribution < -0.4 is 0 Å². The lowest BCUT2D eigenvalue weighted by atomic mass is 9.93. The highest BCUT2D eigenvalue weighted by Gasteiger charge is 2.24. The minimum Gasteiger partial charge on any atom is -0.341 e. The summed E-state index contributed by atoms with van der Waals surface area (Å²) in [5.41, 5.74) is 2.97. The summed E-state index contributed by atoms with van der Waals surface area (Å²) in [6.07, 6.45) is 9.06. The molecule has 4 rings (SSSR count). The Kier molecular flexibility index (Phi) is 3.76. The van der Waals surface area contributed by atoms with Crippen LogP contribution in [0.3, 0.4) is 0 Å². The number of carbonyl (C=O) groups is 1. The number of fused-ring (bicyclic) bond motifs is 1. The fourth-order valence-corrected chi connectivity index (χ4v) is 3.30. The van der Waals surface area contributed by atoms with Crippen LogP contribution in [0.15, 0.2) is 37.1 Å². The topological polar surface area (TPSA) is 68.3 Å². The van der Waals surface area contributed by atoms with Gasteiger partial charge in [-0.1, -0.05) is 0 Å². The van der Waals surface area contributed by atoms with E-state index in [-0.39, 0.29) is 5.91 Å². The monoisotopic (exact) mass is 324 g/mol. The third-order valence-corrected chi connectivity index (χ3v) is 4.61. The minimum absolute atomic E-state index is 0.154. The minimum atomic E-state index is 0.154. The van der Waals surface area contributed by atoms with Crippen LogP contribution in [0.5, 0.6) is 0 Å². The largest absolute Gasteiger partial charge is 0.341 e. The van der Waals surface area contributed by atoms with E-state index >= 15 is 0 Å². The molecule has 7 heteroatoms. The summed E-state index contributed by atoms with van der Waals surface area (Å²) in [4.78, 5) is 23.0. The molecular weight excluding hydrogens is 304 g/mol. The molecule has 0 spiro atoms. The summed E-state index contributed by atoms with van der Waals surface area (Å²) in [6, 6.07) is 4.04. The van der Waals surface area contributed by atoms with Crippen LogP contribution >= 0.6 is 0 Å². The molecule has 0 bridgehead atoms. The van der Waals surface area contributed by atoms with Crippen molar-refractivity contribution in [2.45, 2.75) is 32.2 Å². The number of rotatable bonds is 3. The lowest BCUT2D eigenvalue weighted by Crippen LogP contribution is -2.39. The Hall–Kier alpha value is -2.70. The van der Waals surface area contributed by atoms with Gasteiger partial charge in [0.2, 0.25) is 5.91 Å². The first-order valence-corrected chi connectivity index (χ1v) is 8.25. The Bertz CT molecular complexity index is 845. The molecule has 0 unspecified atom stereocenters. The standard InChI is InChI=1S/C17H20N6O/c1-13-10-16-19-15(4-8-23(16)20-13)14-2-6-22(7-3-14)17(24)11-21-9-5-18-12-21/h4-5,8-10,12,14H,2-3,6-7,11H2,1H3.